The molecule has 3 rings (SSSR count). The van der Waals surface area contributed by atoms with Gasteiger partial charge < -0.3 is 5.73 Å². The Hall–Kier alpha value is -2.14. The van der Waals surface area contributed by atoms with Crippen molar-refractivity contribution in [2.75, 3.05) is 5.73 Å². The van der Waals surface area contributed by atoms with Crippen LogP contribution >= 0.6 is 11.6 Å². The van der Waals surface area contributed by atoms with Crippen molar-refractivity contribution in [1.82, 2.24) is 9.55 Å². The molecule has 1 heterocycles. The molecule has 0 aliphatic heterocycles. The van der Waals surface area contributed by atoms with E-state index >= 15 is 0 Å². The van der Waals surface area contributed by atoms with Gasteiger partial charge in [0.25, 0.3) is 0 Å². The van der Waals surface area contributed by atoms with Crippen molar-refractivity contribution in [1.29, 1.82) is 0 Å². The number of imidazole rings is 1. The minimum absolute atomic E-state index is 0.0160. The average Bonchev–Trinajstić information content (AvgIpc) is 2.67. The number of hydrogen-bond acceptors (Lipinski definition) is 2. The molecule has 3 aromatic rings. The monoisotopic (exact) mass is 279 g/mol. The molecule has 96 valence electrons. The van der Waals surface area contributed by atoms with Crippen LogP contribution in [-0.2, 0) is 0 Å². The van der Waals surface area contributed by atoms with Gasteiger partial charge in [0.15, 0.2) is 0 Å². The number of benzene rings is 2. The first-order chi connectivity index (χ1) is 9.06. The molecule has 2 N–H and O–H groups in total. The molecule has 0 spiro atoms. The lowest BCUT2D eigenvalue weighted by Crippen LogP contribution is -2.03. The number of halogens is 3. The molecule has 0 amide bonds. The molecule has 0 saturated carbocycles. The molecule has 3 nitrogen and oxygen atoms in total. The number of aromatic nitrogens is 2. The molecule has 2 aromatic carbocycles. The molecular weight excluding hydrogens is 272 g/mol. The Bertz CT molecular complexity index is 783. The van der Waals surface area contributed by atoms with Crippen LogP contribution in [0.15, 0.2) is 36.4 Å². The van der Waals surface area contributed by atoms with Gasteiger partial charge in [0.2, 0.25) is 5.95 Å². The topological polar surface area (TPSA) is 43.8 Å². The highest BCUT2D eigenvalue weighted by atomic mass is 35.5. The summed E-state index contributed by atoms with van der Waals surface area (Å²) in [5.74, 6) is -1.06. The second kappa shape index (κ2) is 4.20. The lowest BCUT2D eigenvalue weighted by Gasteiger charge is -2.07. The number of nitrogens with two attached hydrogens (primary N) is 1. The maximum absolute atomic E-state index is 13.8. The molecule has 1 aromatic heterocycles. The fraction of sp³-hybridized carbons (Fsp3) is 0. The van der Waals surface area contributed by atoms with Crippen LogP contribution in [0.4, 0.5) is 14.7 Å². The van der Waals surface area contributed by atoms with E-state index in [0.717, 1.165) is 18.2 Å². The minimum Gasteiger partial charge on any atom is -0.369 e. The first kappa shape index (κ1) is 11.9. The predicted octanol–water partition coefficient (Wildman–Crippen LogP) is 3.54. The van der Waals surface area contributed by atoms with Crippen molar-refractivity contribution in [3.63, 3.8) is 0 Å². The molecule has 19 heavy (non-hydrogen) atoms. The van der Waals surface area contributed by atoms with Crippen molar-refractivity contribution in [2.45, 2.75) is 0 Å². The summed E-state index contributed by atoms with van der Waals surface area (Å²) in [6.07, 6.45) is 0. The van der Waals surface area contributed by atoms with Gasteiger partial charge >= 0.3 is 0 Å². The quantitative estimate of drug-likeness (QED) is 0.740. The molecule has 0 aliphatic rings. The van der Waals surface area contributed by atoms with Crippen LogP contribution in [-0.4, -0.2) is 9.55 Å². The van der Waals surface area contributed by atoms with Crippen LogP contribution in [0.25, 0.3) is 16.7 Å². The van der Waals surface area contributed by atoms with E-state index in [1.54, 1.807) is 18.2 Å². The van der Waals surface area contributed by atoms with Crippen LogP contribution in [0.2, 0.25) is 5.02 Å². The minimum atomic E-state index is -0.581. The van der Waals surface area contributed by atoms with Crippen molar-refractivity contribution in [3.8, 4) is 5.69 Å². The maximum atomic E-state index is 13.8. The Balaban J connectivity index is 2.36. The van der Waals surface area contributed by atoms with Crippen molar-refractivity contribution in [2.24, 2.45) is 0 Å². The predicted molar refractivity (Wildman–Crippen MR) is 70.4 cm³/mol. The first-order valence-electron chi connectivity index (χ1n) is 5.45. The second-order valence-corrected chi connectivity index (χ2v) is 4.47. The number of fused-ring (bicyclic) bond motifs is 1. The van der Waals surface area contributed by atoms with Gasteiger partial charge in [0.05, 0.1) is 16.7 Å². The summed E-state index contributed by atoms with van der Waals surface area (Å²) in [4.78, 5) is 4.09. The van der Waals surface area contributed by atoms with E-state index in [9.17, 15) is 8.78 Å². The smallest absolute Gasteiger partial charge is 0.206 e. The Morgan fingerprint density at radius 2 is 1.89 bits per heavy atom. The zero-order chi connectivity index (χ0) is 13.6. The van der Waals surface area contributed by atoms with Crippen molar-refractivity contribution in [3.05, 3.63) is 53.1 Å². The maximum Gasteiger partial charge on any atom is 0.206 e. The van der Waals surface area contributed by atoms with E-state index in [1.165, 1.54) is 4.57 Å². The van der Waals surface area contributed by atoms with Gasteiger partial charge in [0, 0.05) is 11.1 Å². The standard InChI is InChI=1S/C13H8ClF2N3/c14-7-1-4-11-10(5-7)18-13(17)19(11)12-6-8(15)2-3-9(12)16/h1-6H,(H2,17,18). The molecule has 0 radical (unpaired) electrons. The van der Waals surface area contributed by atoms with Gasteiger partial charge in [-0.1, -0.05) is 11.6 Å². The van der Waals surface area contributed by atoms with E-state index in [-0.39, 0.29) is 11.6 Å². The summed E-state index contributed by atoms with van der Waals surface area (Å²) in [5, 5.41) is 0.497. The first-order valence-corrected chi connectivity index (χ1v) is 5.83. The molecule has 6 heteroatoms. The summed E-state index contributed by atoms with van der Waals surface area (Å²) >= 11 is 5.86. The molecule has 0 fully saturated rings. The van der Waals surface area contributed by atoms with Crippen LogP contribution < -0.4 is 5.73 Å². The number of nitrogens with zero attached hydrogens (tertiary/aromatic N) is 2. The van der Waals surface area contributed by atoms with Gasteiger partial charge in [-0.05, 0) is 30.3 Å². The summed E-state index contributed by atoms with van der Waals surface area (Å²) < 4.78 is 28.4. The Morgan fingerprint density at radius 1 is 1.11 bits per heavy atom. The Labute approximate surface area is 112 Å². The molecule has 0 saturated heterocycles. The second-order valence-electron chi connectivity index (χ2n) is 4.03. The van der Waals surface area contributed by atoms with E-state index < -0.39 is 11.6 Å². The Kier molecular flexibility index (Phi) is 2.64. The normalized spacial score (nSPS) is 11.1. The lowest BCUT2D eigenvalue weighted by molar-refractivity contribution is 0.594. The summed E-state index contributed by atoms with van der Waals surface area (Å²) in [7, 11) is 0. The van der Waals surface area contributed by atoms with Gasteiger partial charge in [-0.15, -0.1) is 0 Å². The van der Waals surface area contributed by atoms with E-state index in [2.05, 4.69) is 4.98 Å². The third-order valence-electron chi connectivity index (χ3n) is 2.79. The average molecular weight is 280 g/mol. The number of anilines is 1. The van der Waals surface area contributed by atoms with E-state index in [0.29, 0.717) is 16.1 Å². The van der Waals surface area contributed by atoms with Crippen LogP contribution in [0, 0.1) is 11.6 Å². The van der Waals surface area contributed by atoms with Crippen molar-refractivity contribution >= 4 is 28.6 Å². The van der Waals surface area contributed by atoms with Crippen LogP contribution in [0.1, 0.15) is 0 Å². The lowest BCUT2D eigenvalue weighted by atomic mass is 10.2. The zero-order valence-corrected chi connectivity index (χ0v) is 10.3. The SMILES string of the molecule is Nc1nc2cc(Cl)ccc2n1-c1cc(F)ccc1F. The van der Waals surface area contributed by atoms with Crippen molar-refractivity contribution < 1.29 is 8.78 Å². The third kappa shape index (κ3) is 1.92. The summed E-state index contributed by atoms with van der Waals surface area (Å²) in [6.45, 7) is 0. The molecular formula is C13H8ClF2N3. The highest BCUT2D eigenvalue weighted by Gasteiger charge is 2.14. The zero-order valence-electron chi connectivity index (χ0n) is 9.57. The Morgan fingerprint density at radius 3 is 2.68 bits per heavy atom. The molecule has 0 aliphatic carbocycles. The van der Waals surface area contributed by atoms with E-state index in [4.69, 9.17) is 17.3 Å². The van der Waals surface area contributed by atoms with Gasteiger partial charge in [-0.3, -0.25) is 4.57 Å². The van der Waals surface area contributed by atoms with Gasteiger partial charge in [-0.2, -0.15) is 0 Å². The van der Waals surface area contributed by atoms with Crippen LogP contribution in [0.5, 0.6) is 0 Å². The van der Waals surface area contributed by atoms with Gasteiger partial charge in [-0.25, -0.2) is 13.8 Å². The highest BCUT2D eigenvalue weighted by Crippen LogP contribution is 2.27. The highest BCUT2D eigenvalue weighted by molar-refractivity contribution is 6.31. The number of nitrogen functional groups attached to an aromatic ring is 1. The molecule has 0 bridgehead atoms. The fourth-order valence-corrected chi connectivity index (χ4v) is 2.15. The molecule has 0 unspecified atom stereocenters. The molecule has 0 atom stereocenters. The summed E-state index contributed by atoms with van der Waals surface area (Å²) in [6, 6.07) is 8.07. The van der Waals surface area contributed by atoms with Crippen LogP contribution in [0.3, 0.4) is 0 Å². The largest absolute Gasteiger partial charge is 0.369 e. The third-order valence-corrected chi connectivity index (χ3v) is 3.03. The van der Waals surface area contributed by atoms with Gasteiger partial charge in [0.1, 0.15) is 11.6 Å². The fourth-order valence-electron chi connectivity index (χ4n) is 1.98. The van der Waals surface area contributed by atoms with E-state index in [1.807, 2.05) is 0 Å². The number of rotatable bonds is 1. The summed E-state index contributed by atoms with van der Waals surface area (Å²) in [5.41, 5.74) is 6.87. The number of hydrogen-bond donors (Lipinski definition) is 1.